The molecule has 4 N–H and O–H groups in total. The molecule has 0 atom stereocenters. The van der Waals surface area contributed by atoms with Crippen LogP contribution >= 0.6 is 0 Å². The average Bonchev–Trinajstić information content (AvgIpc) is 2.42. The molecule has 1 amide bonds. The number of nitrogen functional groups attached to an aromatic ring is 1. The third kappa shape index (κ3) is 3.20. The predicted molar refractivity (Wildman–Crippen MR) is 77.1 cm³/mol. The highest BCUT2D eigenvalue weighted by Gasteiger charge is 2.08. The summed E-state index contributed by atoms with van der Waals surface area (Å²) >= 11 is 0. The zero-order valence-electron chi connectivity index (χ0n) is 11.1. The Morgan fingerprint density at radius 2 is 1.90 bits per heavy atom. The van der Waals surface area contributed by atoms with Crippen LogP contribution < -0.4 is 20.9 Å². The van der Waals surface area contributed by atoms with Gasteiger partial charge in [0.25, 0.3) is 0 Å². The van der Waals surface area contributed by atoms with Crippen molar-refractivity contribution in [2.75, 3.05) is 12.3 Å². The van der Waals surface area contributed by atoms with Gasteiger partial charge in [0.2, 0.25) is 5.91 Å². The largest absolute Gasteiger partial charge is 0.494 e. The molecule has 5 heteroatoms. The predicted octanol–water partition coefficient (Wildman–Crippen LogP) is 2.56. The van der Waals surface area contributed by atoms with Crippen LogP contribution in [0.25, 0.3) is 0 Å². The second-order valence-corrected chi connectivity index (χ2v) is 4.13. The van der Waals surface area contributed by atoms with Crippen molar-refractivity contribution in [1.82, 2.24) is 0 Å². The smallest absolute Gasteiger partial charge is 0.248 e. The van der Waals surface area contributed by atoms with Crippen LogP contribution in [0.4, 0.5) is 5.69 Å². The minimum atomic E-state index is -0.530. The van der Waals surface area contributed by atoms with Gasteiger partial charge in [-0.1, -0.05) is 6.07 Å². The van der Waals surface area contributed by atoms with Crippen molar-refractivity contribution in [1.29, 1.82) is 0 Å². The highest BCUT2D eigenvalue weighted by atomic mass is 16.5. The van der Waals surface area contributed by atoms with Gasteiger partial charge in [0.1, 0.15) is 11.5 Å². The monoisotopic (exact) mass is 272 g/mol. The molecular formula is C15H16N2O3. The standard InChI is InChI=1S/C15H16N2O3/c1-2-19-11-4-3-5-12(9-11)20-14-8-10(15(17)18)6-7-13(14)16/h3-9H,2,16H2,1H3,(H2,17,18). The molecule has 0 aromatic heterocycles. The molecule has 0 unspecified atom stereocenters. The van der Waals surface area contributed by atoms with Crippen molar-refractivity contribution in [2.24, 2.45) is 5.73 Å². The second kappa shape index (κ2) is 5.97. The second-order valence-electron chi connectivity index (χ2n) is 4.13. The number of hydrogen-bond acceptors (Lipinski definition) is 4. The number of amides is 1. The molecule has 0 aliphatic heterocycles. The molecule has 0 radical (unpaired) electrons. The molecular weight excluding hydrogens is 256 g/mol. The third-order valence-corrected chi connectivity index (χ3v) is 2.64. The quantitative estimate of drug-likeness (QED) is 0.819. The van der Waals surface area contributed by atoms with Gasteiger partial charge in [0.15, 0.2) is 5.75 Å². The molecule has 20 heavy (non-hydrogen) atoms. The number of rotatable bonds is 5. The topological polar surface area (TPSA) is 87.6 Å². The number of benzene rings is 2. The molecule has 104 valence electrons. The fourth-order valence-corrected chi connectivity index (χ4v) is 1.70. The Kier molecular flexibility index (Phi) is 4.10. The van der Waals surface area contributed by atoms with Crippen LogP contribution in [0.15, 0.2) is 42.5 Å². The van der Waals surface area contributed by atoms with Crippen LogP contribution in [0.2, 0.25) is 0 Å². The Morgan fingerprint density at radius 3 is 2.60 bits per heavy atom. The van der Waals surface area contributed by atoms with E-state index >= 15 is 0 Å². The number of ether oxygens (including phenoxy) is 2. The maximum Gasteiger partial charge on any atom is 0.248 e. The fourth-order valence-electron chi connectivity index (χ4n) is 1.70. The maximum atomic E-state index is 11.2. The fraction of sp³-hybridized carbons (Fsp3) is 0.133. The van der Waals surface area contributed by atoms with Crippen molar-refractivity contribution >= 4 is 11.6 Å². The van der Waals surface area contributed by atoms with E-state index in [4.69, 9.17) is 20.9 Å². The molecule has 0 saturated carbocycles. The Bertz CT molecular complexity index is 626. The minimum Gasteiger partial charge on any atom is -0.494 e. The van der Waals surface area contributed by atoms with E-state index in [-0.39, 0.29) is 0 Å². The van der Waals surface area contributed by atoms with E-state index in [0.717, 1.165) is 0 Å². The van der Waals surface area contributed by atoms with Gasteiger partial charge in [0.05, 0.1) is 12.3 Å². The van der Waals surface area contributed by atoms with Gasteiger partial charge in [-0.05, 0) is 37.3 Å². The molecule has 0 bridgehead atoms. The Labute approximate surface area is 117 Å². The first-order valence-corrected chi connectivity index (χ1v) is 6.20. The van der Waals surface area contributed by atoms with Crippen LogP contribution in [0.5, 0.6) is 17.2 Å². The molecule has 0 saturated heterocycles. The number of carbonyl (C=O) groups is 1. The van der Waals surface area contributed by atoms with Crippen molar-refractivity contribution in [3.63, 3.8) is 0 Å². The van der Waals surface area contributed by atoms with Gasteiger partial charge < -0.3 is 20.9 Å². The summed E-state index contributed by atoms with van der Waals surface area (Å²) < 4.78 is 11.1. The lowest BCUT2D eigenvalue weighted by Crippen LogP contribution is -2.11. The summed E-state index contributed by atoms with van der Waals surface area (Å²) in [5.41, 5.74) is 11.8. The first-order valence-electron chi connectivity index (χ1n) is 6.20. The van der Waals surface area contributed by atoms with Gasteiger partial charge in [-0.15, -0.1) is 0 Å². The van der Waals surface area contributed by atoms with Crippen LogP contribution in [-0.4, -0.2) is 12.5 Å². The van der Waals surface area contributed by atoms with Crippen molar-refractivity contribution in [3.05, 3.63) is 48.0 Å². The van der Waals surface area contributed by atoms with E-state index in [1.54, 1.807) is 24.3 Å². The molecule has 2 aromatic rings. The molecule has 0 aliphatic rings. The lowest BCUT2D eigenvalue weighted by molar-refractivity contribution is 0.1000. The van der Waals surface area contributed by atoms with Gasteiger partial charge in [-0.2, -0.15) is 0 Å². The number of anilines is 1. The summed E-state index contributed by atoms with van der Waals surface area (Å²) in [5.74, 6) is 1.13. The SMILES string of the molecule is CCOc1cccc(Oc2cc(C(N)=O)ccc2N)c1. The van der Waals surface area contributed by atoms with Crippen LogP contribution in [0.1, 0.15) is 17.3 Å². The van der Waals surface area contributed by atoms with Gasteiger partial charge >= 0.3 is 0 Å². The van der Waals surface area contributed by atoms with E-state index in [9.17, 15) is 4.79 Å². The zero-order chi connectivity index (χ0) is 14.5. The van der Waals surface area contributed by atoms with Crippen molar-refractivity contribution in [2.45, 2.75) is 6.92 Å². The van der Waals surface area contributed by atoms with Crippen LogP contribution in [-0.2, 0) is 0 Å². The van der Waals surface area contributed by atoms with E-state index in [2.05, 4.69) is 0 Å². The van der Waals surface area contributed by atoms with E-state index in [0.29, 0.717) is 35.1 Å². The molecule has 2 rings (SSSR count). The molecule has 5 nitrogen and oxygen atoms in total. The Balaban J connectivity index is 2.27. The Hall–Kier alpha value is -2.69. The summed E-state index contributed by atoms with van der Waals surface area (Å²) in [6.07, 6.45) is 0. The lowest BCUT2D eigenvalue weighted by Gasteiger charge is -2.11. The van der Waals surface area contributed by atoms with Gasteiger partial charge in [0, 0.05) is 11.6 Å². The van der Waals surface area contributed by atoms with E-state index < -0.39 is 5.91 Å². The molecule has 2 aromatic carbocycles. The summed E-state index contributed by atoms with van der Waals surface area (Å²) in [5, 5.41) is 0. The molecule has 0 aliphatic carbocycles. The minimum absolute atomic E-state index is 0.343. The molecule has 0 fully saturated rings. The maximum absolute atomic E-state index is 11.2. The first kappa shape index (κ1) is 13.7. The summed E-state index contributed by atoms with van der Waals surface area (Å²) in [4.78, 5) is 11.2. The number of nitrogens with two attached hydrogens (primary N) is 2. The van der Waals surface area contributed by atoms with Gasteiger partial charge in [-0.3, -0.25) is 4.79 Å². The number of carbonyl (C=O) groups excluding carboxylic acids is 1. The van der Waals surface area contributed by atoms with Gasteiger partial charge in [-0.25, -0.2) is 0 Å². The third-order valence-electron chi connectivity index (χ3n) is 2.64. The van der Waals surface area contributed by atoms with E-state index in [1.165, 1.54) is 6.07 Å². The lowest BCUT2D eigenvalue weighted by atomic mass is 10.2. The van der Waals surface area contributed by atoms with Crippen molar-refractivity contribution in [3.8, 4) is 17.2 Å². The average molecular weight is 272 g/mol. The van der Waals surface area contributed by atoms with E-state index in [1.807, 2.05) is 19.1 Å². The van der Waals surface area contributed by atoms with Crippen LogP contribution in [0.3, 0.4) is 0 Å². The highest BCUT2D eigenvalue weighted by Crippen LogP contribution is 2.30. The molecule has 0 heterocycles. The summed E-state index contributed by atoms with van der Waals surface area (Å²) in [6, 6.07) is 11.8. The zero-order valence-corrected chi connectivity index (χ0v) is 11.1. The highest BCUT2D eigenvalue weighted by molar-refractivity contribution is 5.93. The number of hydrogen-bond donors (Lipinski definition) is 2. The van der Waals surface area contributed by atoms with Crippen LogP contribution in [0, 0.1) is 0 Å². The molecule has 0 spiro atoms. The Morgan fingerprint density at radius 1 is 1.15 bits per heavy atom. The van der Waals surface area contributed by atoms with Crippen molar-refractivity contribution < 1.29 is 14.3 Å². The summed E-state index contributed by atoms with van der Waals surface area (Å²) in [7, 11) is 0. The first-order chi connectivity index (χ1) is 9.60. The number of primary amides is 1. The summed E-state index contributed by atoms with van der Waals surface area (Å²) in [6.45, 7) is 2.48. The normalized spacial score (nSPS) is 10.1.